The van der Waals surface area contributed by atoms with E-state index < -0.39 is 0 Å². The predicted molar refractivity (Wildman–Crippen MR) is 135 cm³/mol. The molecule has 0 bridgehead atoms. The Labute approximate surface area is 192 Å². The van der Waals surface area contributed by atoms with Gasteiger partial charge >= 0.3 is 0 Å². The third-order valence-electron chi connectivity index (χ3n) is 6.45. The van der Waals surface area contributed by atoms with Crippen molar-refractivity contribution in [2.45, 2.75) is 19.9 Å². The molecule has 0 amide bonds. The van der Waals surface area contributed by atoms with Crippen LogP contribution in [0.3, 0.4) is 0 Å². The average molecular weight is 428 g/mol. The zero-order chi connectivity index (χ0) is 22.2. The molecule has 0 aliphatic carbocycles. The van der Waals surface area contributed by atoms with Gasteiger partial charge < -0.3 is 9.80 Å². The summed E-state index contributed by atoms with van der Waals surface area (Å²) in [4.78, 5) is 3.97. The number of nitrogens with one attached hydrogen (secondary N) is 1. The summed E-state index contributed by atoms with van der Waals surface area (Å²) in [7, 11) is 0. The minimum Gasteiger partial charge on any atom is -0.372 e. The molecule has 0 atom stereocenters. The molecule has 1 N–H and O–H groups in total. The van der Waals surface area contributed by atoms with Crippen LogP contribution >= 0.6 is 0 Å². The molecule has 1 aliphatic rings. The highest BCUT2D eigenvalue weighted by Crippen LogP contribution is 2.19. The second-order valence-electron chi connectivity index (χ2n) is 8.37. The Morgan fingerprint density at radius 2 is 1.34 bits per heavy atom. The molecule has 4 heteroatoms. The summed E-state index contributed by atoms with van der Waals surface area (Å²) in [6.45, 7) is 10.5. The maximum absolute atomic E-state index is 4.79. The fraction of sp³-hybridized carbons (Fsp3) is 0.321. The molecule has 1 heterocycles. The van der Waals surface area contributed by atoms with Gasteiger partial charge in [-0.15, -0.1) is 0 Å². The Bertz CT molecular complexity index is 918. The van der Waals surface area contributed by atoms with Crippen molar-refractivity contribution in [1.29, 1.82) is 0 Å². The maximum atomic E-state index is 4.79. The van der Waals surface area contributed by atoms with Crippen molar-refractivity contribution in [2.24, 2.45) is 5.10 Å². The number of hydrogen-bond donors (Lipinski definition) is 1. The number of quaternary nitrogens is 1. The number of hydrazone groups is 1. The fourth-order valence-corrected chi connectivity index (χ4v) is 4.65. The Kier molecular flexibility index (Phi) is 7.57. The molecule has 0 spiro atoms. The van der Waals surface area contributed by atoms with Crippen LogP contribution in [-0.2, 0) is 0 Å². The molecule has 3 aromatic rings. The molecule has 1 aliphatic heterocycles. The summed E-state index contributed by atoms with van der Waals surface area (Å²) in [5.74, 6) is 0. The summed E-state index contributed by atoms with van der Waals surface area (Å²) in [6, 6.07) is 30.9. The van der Waals surface area contributed by atoms with Gasteiger partial charge in [0.25, 0.3) is 0 Å². The van der Waals surface area contributed by atoms with Gasteiger partial charge in [-0.25, -0.2) is 0 Å². The second-order valence-corrected chi connectivity index (χ2v) is 8.37. The molecule has 4 nitrogen and oxygen atoms in total. The summed E-state index contributed by atoms with van der Waals surface area (Å²) in [5, 5.41) is 7.01. The number of anilines is 1. The van der Waals surface area contributed by atoms with Gasteiger partial charge in [0.05, 0.1) is 32.4 Å². The van der Waals surface area contributed by atoms with Gasteiger partial charge in [-0.3, -0.25) is 5.01 Å². The van der Waals surface area contributed by atoms with E-state index in [1.165, 1.54) is 16.8 Å². The molecule has 0 aromatic heterocycles. The molecular weight excluding hydrogens is 392 g/mol. The first-order valence-electron chi connectivity index (χ1n) is 11.9. The van der Waals surface area contributed by atoms with Crippen molar-refractivity contribution in [2.75, 3.05) is 44.2 Å². The van der Waals surface area contributed by atoms with E-state index in [1.807, 2.05) is 6.21 Å². The molecule has 32 heavy (non-hydrogen) atoms. The molecule has 1 saturated heterocycles. The van der Waals surface area contributed by atoms with Crippen molar-refractivity contribution in [3.63, 3.8) is 0 Å². The highest BCUT2D eigenvalue weighted by molar-refractivity contribution is 5.80. The van der Waals surface area contributed by atoms with Gasteiger partial charge in [-0.05, 0) is 31.5 Å². The molecule has 0 radical (unpaired) electrons. The molecule has 4 rings (SSSR count). The van der Waals surface area contributed by atoms with Crippen LogP contribution in [0.1, 0.15) is 36.6 Å². The predicted octanol–water partition coefficient (Wildman–Crippen LogP) is 3.86. The SMILES string of the molecule is CCN(CC)c1ccc(/C=N\N2CC[NH+](C(c3ccccc3)c3ccccc3)CC2)cc1. The summed E-state index contributed by atoms with van der Waals surface area (Å²) in [5.41, 5.74) is 5.21. The van der Waals surface area contributed by atoms with Crippen LogP contribution in [0.4, 0.5) is 5.69 Å². The molecule has 0 saturated carbocycles. The topological polar surface area (TPSA) is 23.3 Å². The number of benzene rings is 3. The lowest BCUT2D eigenvalue weighted by Crippen LogP contribution is -3.15. The summed E-state index contributed by atoms with van der Waals surface area (Å²) < 4.78 is 0. The van der Waals surface area contributed by atoms with Crippen molar-refractivity contribution in [3.05, 3.63) is 102 Å². The van der Waals surface area contributed by atoms with E-state index in [2.05, 4.69) is 109 Å². The Morgan fingerprint density at radius 3 is 1.84 bits per heavy atom. The fourth-order valence-electron chi connectivity index (χ4n) is 4.65. The average Bonchev–Trinajstić information content (AvgIpc) is 2.87. The van der Waals surface area contributed by atoms with Crippen LogP contribution in [0.15, 0.2) is 90.0 Å². The van der Waals surface area contributed by atoms with E-state index in [0.29, 0.717) is 6.04 Å². The van der Waals surface area contributed by atoms with Crippen molar-refractivity contribution < 1.29 is 4.90 Å². The standard InChI is InChI=1S/C28H34N4/c1-3-30(4-2)27-17-15-24(16-18-27)23-29-32-21-19-31(20-22-32)28(25-11-7-5-8-12-25)26-13-9-6-10-14-26/h5-18,23,28H,3-4,19-22H2,1-2H3/p+1/b29-23-. The highest BCUT2D eigenvalue weighted by Gasteiger charge is 2.29. The largest absolute Gasteiger partial charge is 0.372 e. The van der Waals surface area contributed by atoms with Gasteiger partial charge in [0.15, 0.2) is 0 Å². The minimum atomic E-state index is 0.371. The highest BCUT2D eigenvalue weighted by atomic mass is 15.5. The quantitative estimate of drug-likeness (QED) is 0.552. The smallest absolute Gasteiger partial charge is 0.139 e. The first kappa shape index (κ1) is 22.1. The molecule has 0 unspecified atom stereocenters. The van der Waals surface area contributed by atoms with Crippen molar-refractivity contribution in [1.82, 2.24) is 5.01 Å². The van der Waals surface area contributed by atoms with Gasteiger partial charge in [0.2, 0.25) is 0 Å². The second kappa shape index (κ2) is 11.0. The molecular formula is C28H35N4+. The van der Waals surface area contributed by atoms with E-state index >= 15 is 0 Å². The van der Waals surface area contributed by atoms with Crippen LogP contribution < -0.4 is 9.80 Å². The van der Waals surface area contributed by atoms with Crippen LogP contribution in [0.5, 0.6) is 0 Å². The Balaban J connectivity index is 1.39. The number of rotatable bonds is 8. The lowest BCUT2D eigenvalue weighted by Gasteiger charge is -2.36. The van der Waals surface area contributed by atoms with E-state index in [9.17, 15) is 0 Å². The zero-order valence-electron chi connectivity index (χ0n) is 19.3. The van der Waals surface area contributed by atoms with E-state index in [-0.39, 0.29) is 0 Å². The monoisotopic (exact) mass is 427 g/mol. The van der Waals surface area contributed by atoms with E-state index in [4.69, 9.17) is 5.10 Å². The van der Waals surface area contributed by atoms with Crippen LogP contribution in [0, 0.1) is 0 Å². The van der Waals surface area contributed by atoms with Crippen LogP contribution in [0.25, 0.3) is 0 Å². The van der Waals surface area contributed by atoms with Gasteiger partial charge in [0, 0.05) is 29.9 Å². The third kappa shape index (κ3) is 5.38. The Hall–Kier alpha value is -3.11. The summed E-state index contributed by atoms with van der Waals surface area (Å²) in [6.07, 6.45) is 2.00. The normalized spacial score (nSPS) is 14.9. The molecule has 1 fully saturated rings. The lowest BCUT2D eigenvalue weighted by molar-refractivity contribution is -0.929. The Morgan fingerprint density at radius 1 is 0.812 bits per heavy atom. The van der Waals surface area contributed by atoms with Crippen LogP contribution in [0.2, 0.25) is 0 Å². The van der Waals surface area contributed by atoms with Crippen molar-refractivity contribution in [3.8, 4) is 0 Å². The molecule has 166 valence electrons. The number of piperazine rings is 1. The van der Waals surface area contributed by atoms with Crippen molar-refractivity contribution >= 4 is 11.9 Å². The summed E-state index contributed by atoms with van der Waals surface area (Å²) >= 11 is 0. The van der Waals surface area contributed by atoms with E-state index in [1.54, 1.807) is 4.90 Å². The maximum Gasteiger partial charge on any atom is 0.139 e. The van der Waals surface area contributed by atoms with E-state index in [0.717, 1.165) is 44.8 Å². The lowest BCUT2D eigenvalue weighted by atomic mass is 9.96. The van der Waals surface area contributed by atoms with Crippen LogP contribution in [-0.4, -0.2) is 50.5 Å². The van der Waals surface area contributed by atoms with Gasteiger partial charge in [0.1, 0.15) is 6.04 Å². The first-order chi connectivity index (χ1) is 15.8. The zero-order valence-corrected chi connectivity index (χ0v) is 19.3. The van der Waals surface area contributed by atoms with Gasteiger partial charge in [-0.2, -0.15) is 5.10 Å². The third-order valence-corrected chi connectivity index (χ3v) is 6.45. The number of nitrogens with zero attached hydrogens (tertiary/aromatic N) is 3. The first-order valence-corrected chi connectivity index (χ1v) is 11.9. The minimum absolute atomic E-state index is 0.371. The van der Waals surface area contributed by atoms with Gasteiger partial charge in [-0.1, -0.05) is 72.8 Å². The molecule has 3 aromatic carbocycles. The number of hydrogen-bond acceptors (Lipinski definition) is 3.